The molecule has 0 aliphatic carbocycles. The summed E-state index contributed by atoms with van der Waals surface area (Å²) in [5.41, 5.74) is 3.39. The summed E-state index contributed by atoms with van der Waals surface area (Å²) in [6, 6.07) is 10.4. The molecule has 0 atom stereocenters. The number of nitrogens with one attached hydrogen (secondary N) is 2. The molecule has 2 aromatic heterocycles. The number of anilines is 1. The van der Waals surface area contributed by atoms with Crippen LogP contribution in [0.4, 0.5) is 5.69 Å². The van der Waals surface area contributed by atoms with Gasteiger partial charge in [-0.25, -0.2) is 4.79 Å². The van der Waals surface area contributed by atoms with Crippen LogP contribution in [0.5, 0.6) is 0 Å². The second-order valence-electron chi connectivity index (χ2n) is 8.40. The third-order valence-corrected chi connectivity index (χ3v) is 6.48. The zero-order valence-corrected chi connectivity index (χ0v) is 18.9. The highest BCUT2D eigenvalue weighted by Crippen LogP contribution is 2.25. The molecule has 9 heteroatoms. The van der Waals surface area contributed by atoms with E-state index < -0.39 is 5.76 Å². The Hall–Kier alpha value is -3.52. The number of hydrogen-bond donors (Lipinski definition) is 2. The van der Waals surface area contributed by atoms with Gasteiger partial charge in [-0.05, 0) is 68.1 Å². The van der Waals surface area contributed by atoms with Gasteiger partial charge in [0.2, 0.25) is 5.91 Å². The maximum atomic E-state index is 12.8. The molecule has 170 valence electrons. The molecule has 1 fully saturated rings. The normalized spacial score (nSPS) is 14.2. The summed E-state index contributed by atoms with van der Waals surface area (Å²) in [5.74, 6) is -1.04. The first-order valence-corrected chi connectivity index (χ1v) is 11.3. The molecule has 1 aliphatic heterocycles. The summed E-state index contributed by atoms with van der Waals surface area (Å²) in [5, 5.41) is 4.35. The average molecular weight is 467 g/mol. The largest absolute Gasteiger partial charge is 0.420 e. The van der Waals surface area contributed by atoms with Crippen molar-refractivity contribution < 1.29 is 14.0 Å². The predicted octanol–water partition coefficient (Wildman–Crippen LogP) is 4.30. The number of benzene rings is 2. The van der Waals surface area contributed by atoms with E-state index in [1.807, 2.05) is 13.0 Å². The molecule has 0 unspecified atom stereocenters. The molecule has 33 heavy (non-hydrogen) atoms. The monoisotopic (exact) mass is 466 g/mol. The quantitative estimate of drug-likeness (QED) is 0.468. The molecule has 5 rings (SSSR count). The summed E-state index contributed by atoms with van der Waals surface area (Å²) in [6.07, 6.45) is 3.06. The first-order valence-electron chi connectivity index (χ1n) is 10.9. The number of aromatic amines is 1. The van der Waals surface area contributed by atoms with Crippen LogP contribution in [0.25, 0.3) is 22.0 Å². The van der Waals surface area contributed by atoms with Crippen LogP contribution >= 0.6 is 11.6 Å². The number of aryl methyl sites for hydroxylation is 1. The van der Waals surface area contributed by atoms with Crippen LogP contribution in [0.1, 0.15) is 35.3 Å². The number of piperidine rings is 1. The minimum atomic E-state index is -0.596. The van der Waals surface area contributed by atoms with Crippen LogP contribution in [0.3, 0.4) is 0 Å². The van der Waals surface area contributed by atoms with Gasteiger partial charge >= 0.3 is 5.76 Å². The molecule has 4 aromatic rings. The number of oxazole rings is 1. The number of carbonyl (C=O) groups excluding carboxylic acids is 2. The molecule has 2 aromatic carbocycles. The second-order valence-corrected chi connectivity index (χ2v) is 8.81. The van der Waals surface area contributed by atoms with Crippen LogP contribution in [0, 0.1) is 6.92 Å². The number of amides is 2. The van der Waals surface area contributed by atoms with Crippen molar-refractivity contribution in [3.8, 4) is 0 Å². The highest BCUT2D eigenvalue weighted by atomic mass is 35.5. The van der Waals surface area contributed by atoms with Gasteiger partial charge in [0.15, 0.2) is 5.58 Å². The van der Waals surface area contributed by atoms with Gasteiger partial charge in [-0.15, -0.1) is 0 Å². The fourth-order valence-electron chi connectivity index (χ4n) is 4.26. The molecule has 0 saturated carbocycles. The van der Waals surface area contributed by atoms with E-state index in [0.717, 1.165) is 35.7 Å². The van der Waals surface area contributed by atoms with Gasteiger partial charge in [0, 0.05) is 34.7 Å². The zero-order valence-electron chi connectivity index (χ0n) is 18.1. The Kier molecular flexibility index (Phi) is 5.46. The van der Waals surface area contributed by atoms with Crippen molar-refractivity contribution in [2.24, 2.45) is 0 Å². The number of hydrogen-bond acceptors (Lipinski definition) is 4. The standard InChI is InChI=1S/C24H23ClN4O4/c1-14-9-15-10-19(27-18(15)12-17(14)25)23(31)26-16-5-6-21-20(11-16)29(24(32)33-21)13-22(30)28-7-3-2-4-8-28/h5-6,9-12,27H,2-4,7-8,13H2,1H3,(H,26,31). The van der Waals surface area contributed by atoms with Gasteiger partial charge in [0.1, 0.15) is 12.2 Å². The number of nitrogens with zero attached hydrogens (tertiary/aromatic N) is 2. The Balaban J connectivity index is 1.40. The van der Waals surface area contributed by atoms with Gasteiger partial charge in [-0.3, -0.25) is 14.2 Å². The van der Waals surface area contributed by atoms with E-state index in [4.69, 9.17) is 16.0 Å². The topological polar surface area (TPSA) is 100 Å². The van der Waals surface area contributed by atoms with Crippen LogP contribution in [-0.2, 0) is 11.3 Å². The van der Waals surface area contributed by atoms with E-state index in [1.165, 1.54) is 4.57 Å². The summed E-state index contributed by atoms with van der Waals surface area (Å²) in [7, 11) is 0. The minimum Gasteiger partial charge on any atom is -0.408 e. The Labute approximate surface area is 194 Å². The van der Waals surface area contributed by atoms with E-state index in [0.29, 0.717) is 40.6 Å². The SMILES string of the molecule is Cc1cc2cc(C(=O)Nc3ccc4oc(=O)n(CC(=O)N5CCCCC5)c4c3)[nH]c2cc1Cl. The third kappa shape index (κ3) is 4.14. The van der Waals surface area contributed by atoms with Crippen molar-refractivity contribution in [2.45, 2.75) is 32.7 Å². The molecular formula is C24H23ClN4O4. The van der Waals surface area contributed by atoms with Crippen molar-refractivity contribution in [1.82, 2.24) is 14.5 Å². The Morgan fingerprint density at radius 1 is 1.12 bits per heavy atom. The van der Waals surface area contributed by atoms with Gasteiger partial charge < -0.3 is 19.6 Å². The summed E-state index contributed by atoms with van der Waals surface area (Å²) in [4.78, 5) is 42.8. The maximum Gasteiger partial charge on any atom is 0.420 e. The van der Waals surface area contributed by atoms with Crippen molar-refractivity contribution >= 4 is 51.1 Å². The van der Waals surface area contributed by atoms with Gasteiger partial charge in [0.05, 0.1) is 5.52 Å². The van der Waals surface area contributed by atoms with E-state index >= 15 is 0 Å². The van der Waals surface area contributed by atoms with Crippen molar-refractivity contribution in [3.63, 3.8) is 0 Å². The summed E-state index contributed by atoms with van der Waals surface area (Å²) >= 11 is 6.18. The third-order valence-electron chi connectivity index (χ3n) is 6.07. The van der Waals surface area contributed by atoms with Crippen LogP contribution in [0.2, 0.25) is 5.02 Å². The molecule has 3 heterocycles. The number of rotatable bonds is 4. The number of carbonyl (C=O) groups is 2. The molecule has 0 bridgehead atoms. The highest BCUT2D eigenvalue weighted by Gasteiger charge is 2.20. The van der Waals surface area contributed by atoms with E-state index in [9.17, 15) is 14.4 Å². The van der Waals surface area contributed by atoms with Crippen molar-refractivity contribution in [3.05, 3.63) is 63.2 Å². The molecule has 1 aliphatic rings. The number of fused-ring (bicyclic) bond motifs is 2. The van der Waals surface area contributed by atoms with Gasteiger partial charge in [-0.1, -0.05) is 11.6 Å². The summed E-state index contributed by atoms with van der Waals surface area (Å²) < 4.78 is 6.61. The van der Waals surface area contributed by atoms with E-state index in [2.05, 4.69) is 10.3 Å². The maximum absolute atomic E-state index is 12.8. The van der Waals surface area contributed by atoms with Gasteiger partial charge in [0.25, 0.3) is 5.91 Å². The number of likely N-dealkylation sites (tertiary alicyclic amines) is 1. The fourth-order valence-corrected chi connectivity index (χ4v) is 4.42. The Morgan fingerprint density at radius 2 is 1.91 bits per heavy atom. The molecule has 0 spiro atoms. The first kappa shape index (κ1) is 21.3. The lowest BCUT2D eigenvalue weighted by Crippen LogP contribution is -2.39. The first-order chi connectivity index (χ1) is 15.9. The van der Waals surface area contributed by atoms with Crippen LogP contribution in [0.15, 0.2) is 45.6 Å². The number of H-pyrrole nitrogens is 1. The smallest absolute Gasteiger partial charge is 0.408 e. The number of halogens is 1. The Bertz CT molecular complexity index is 1400. The molecular weight excluding hydrogens is 444 g/mol. The molecule has 0 radical (unpaired) electrons. The number of aromatic nitrogens is 2. The molecule has 1 saturated heterocycles. The van der Waals surface area contributed by atoms with E-state index in [1.54, 1.807) is 35.2 Å². The highest BCUT2D eigenvalue weighted by molar-refractivity contribution is 6.32. The predicted molar refractivity (Wildman–Crippen MR) is 127 cm³/mol. The summed E-state index contributed by atoms with van der Waals surface area (Å²) in [6.45, 7) is 3.23. The minimum absolute atomic E-state index is 0.0919. The van der Waals surface area contributed by atoms with Crippen molar-refractivity contribution in [2.75, 3.05) is 18.4 Å². The van der Waals surface area contributed by atoms with Crippen LogP contribution < -0.4 is 11.1 Å². The fraction of sp³-hybridized carbons (Fsp3) is 0.292. The zero-order chi connectivity index (χ0) is 23.1. The lowest BCUT2D eigenvalue weighted by Gasteiger charge is -2.26. The second kappa shape index (κ2) is 8.44. The molecule has 8 nitrogen and oxygen atoms in total. The lowest BCUT2D eigenvalue weighted by molar-refractivity contribution is -0.132. The van der Waals surface area contributed by atoms with Crippen molar-refractivity contribution in [1.29, 1.82) is 0 Å². The van der Waals surface area contributed by atoms with E-state index in [-0.39, 0.29) is 18.4 Å². The Morgan fingerprint density at radius 3 is 2.70 bits per heavy atom. The van der Waals surface area contributed by atoms with Crippen LogP contribution in [-0.4, -0.2) is 39.4 Å². The lowest BCUT2D eigenvalue weighted by atomic mass is 10.1. The molecule has 2 amide bonds. The molecule has 2 N–H and O–H groups in total. The van der Waals surface area contributed by atoms with Gasteiger partial charge in [-0.2, -0.15) is 0 Å². The average Bonchev–Trinajstić information content (AvgIpc) is 3.35.